The second-order valence-corrected chi connectivity index (χ2v) is 5.06. The van der Waals surface area contributed by atoms with Crippen LogP contribution in [0.2, 0.25) is 0 Å². The molecule has 0 unspecified atom stereocenters. The van der Waals surface area contributed by atoms with Crippen LogP contribution in [0, 0.1) is 5.41 Å². The molecule has 1 amide bonds. The van der Waals surface area contributed by atoms with Crippen LogP contribution in [-0.2, 0) is 4.79 Å². The zero-order chi connectivity index (χ0) is 13.1. The average molecular weight is 242 g/mol. The van der Waals surface area contributed by atoms with Crippen LogP contribution in [0.25, 0.3) is 0 Å². The Morgan fingerprint density at radius 3 is 2.53 bits per heavy atom. The maximum atomic E-state index is 12.3. The lowest BCUT2D eigenvalue weighted by Gasteiger charge is -2.30. The maximum Gasteiger partial charge on any atom is 0.235 e. The van der Waals surface area contributed by atoms with E-state index in [1.165, 1.54) is 0 Å². The van der Waals surface area contributed by atoms with Gasteiger partial charge < -0.3 is 20.7 Å². The summed E-state index contributed by atoms with van der Waals surface area (Å²) in [6.45, 7) is 6.63. The van der Waals surface area contributed by atoms with Crippen molar-refractivity contribution >= 4 is 11.7 Å². The SMILES string of the molecule is CN1CCCN(C(=O)C(C)(C)C(N)=NO)CC1. The van der Waals surface area contributed by atoms with Crippen molar-refractivity contribution in [3.05, 3.63) is 0 Å². The molecule has 0 bridgehead atoms. The van der Waals surface area contributed by atoms with E-state index in [0.29, 0.717) is 6.54 Å². The smallest absolute Gasteiger partial charge is 0.235 e. The van der Waals surface area contributed by atoms with Gasteiger partial charge in [0.15, 0.2) is 5.84 Å². The van der Waals surface area contributed by atoms with Gasteiger partial charge in [-0.2, -0.15) is 0 Å². The van der Waals surface area contributed by atoms with E-state index in [4.69, 9.17) is 10.9 Å². The number of nitrogens with zero attached hydrogens (tertiary/aromatic N) is 3. The Hall–Kier alpha value is -1.30. The number of carbonyl (C=O) groups excluding carboxylic acids is 1. The topological polar surface area (TPSA) is 82.2 Å². The lowest BCUT2D eigenvalue weighted by atomic mass is 9.90. The van der Waals surface area contributed by atoms with Gasteiger partial charge in [0.1, 0.15) is 5.41 Å². The number of hydrogen-bond donors (Lipinski definition) is 2. The Morgan fingerprint density at radius 2 is 1.94 bits per heavy atom. The molecule has 0 radical (unpaired) electrons. The first kappa shape index (κ1) is 13.8. The quantitative estimate of drug-likeness (QED) is 0.307. The third-order valence-electron chi connectivity index (χ3n) is 3.29. The van der Waals surface area contributed by atoms with Crippen molar-refractivity contribution in [2.75, 3.05) is 33.2 Å². The number of amidine groups is 1. The van der Waals surface area contributed by atoms with E-state index >= 15 is 0 Å². The highest BCUT2D eigenvalue weighted by Gasteiger charge is 2.36. The monoisotopic (exact) mass is 242 g/mol. The van der Waals surface area contributed by atoms with E-state index in [2.05, 4.69) is 10.1 Å². The van der Waals surface area contributed by atoms with E-state index < -0.39 is 5.41 Å². The highest BCUT2D eigenvalue weighted by Crippen LogP contribution is 2.20. The molecular weight excluding hydrogens is 220 g/mol. The molecule has 3 N–H and O–H groups in total. The van der Waals surface area contributed by atoms with E-state index in [1.807, 2.05) is 7.05 Å². The zero-order valence-electron chi connectivity index (χ0n) is 10.8. The van der Waals surface area contributed by atoms with Gasteiger partial charge in [0, 0.05) is 19.6 Å². The van der Waals surface area contributed by atoms with Crippen molar-refractivity contribution in [1.29, 1.82) is 0 Å². The summed E-state index contributed by atoms with van der Waals surface area (Å²) in [6.07, 6.45) is 0.953. The molecule has 1 saturated heterocycles. The third-order valence-corrected chi connectivity index (χ3v) is 3.29. The Balaban J connectivity index is 2.75. The van der Waals surface area contributed by atoms with Crippen molar-refractivity contribution in [2.45, 2.75) is 20.3 Å². The second kappa shape index (κ2) is 5.35. The molecule has 0 aromatic heterocycles. The van der Waals surface area contributed by atoms with Crippen molar-refractivity contribution in [2.24, 2.45) is 16.3 Å². The van der Waals surface area contributed by atoms with Gasteiger partial charge in [-0.15, -0.1) is 0 Å². The standard InChI is InChI=1S/C11H22N4O2/c1-11(2,9(12)13-17)10(16)15-6-4-5-14(3)7-8-15/h17H,4-8H2,1-3H3,(H2,12,13). The van der Waals surface area contributed by atoms with E-state index in [-0.39, 0.29) is 11.7 Å². The first-order valence-corrected chi connectivity index (χ1v) is 5.85. The number of hydrogen-bond acceptors (Lipinski definition) is 4. The molecule has 0 atom stereocenters. The van der Waals surface area contributed by atoms with Crippen molar-refractivity contribution in [1.82, 2.24) is 9.80 Å². The second-order valence-electron chi connectivity index (χ2n) is 5.06. The molecule has 1 rings (SSSR count). The third kappa shape index (κ3) is 3.09. The Morgan fingerprint density at radius 1 is 1.29 bits per heavy atom. The Labute approximate surface area is 102 Å². The average Bonchev–Trinajstić information content (AvgIpc) is 2.51. The minimum atomic E-state index is -0.947. The summed E-state index contributed by atoms with van der Waals surface area (Å²) in [6, 6.07) is 0. The van der Waals surface area contributed by atoms with Crippen LogP contribution in [0.1, 0.15) is 20.3 Å². The summed E-state index contributed by atoms with van der Waals surface area (Å²) >= 11 is 0. The first-order valence-electron chi connectivity index (χ1n) is 5.85. The van der Waals surface area contributed by atoms with Crippen LogP contribution in [0.3, 0.4) is 0 Å². The molecule has 98 valence electrons. The highest BCUT2D eigenvalue weighted by molar-refractivity contribution is 6.05. The van der Waals surface area contributed by atoms with Crippen LogP contribution in [0.5, 0.6) is 0 Å². The van der Waals surface area contributed by atoms with Crippen LogP contribution in [0.4, 0.5) is 0 Å². The molecule has 1 aliphatic heterocycles. The number of oxime groups is 1. The number of carbonyl (C=O) groups is 1. The Bertz CT molecular complexity index is 315. The number of rotatable bonds is 2. The van der Waals surface area contributed by atoms with Crippen LogP contribution >= 0.6 is 0 Å². The fourth-order valence-corrected chi connectivity index (χ4v) is 1.88. The molecule has 1 aliphatic rings. The van der Waals surface area contributed by atoms with Gasteiger partial charge in [-0.3, -0.25) is 4.79 Å². The summed E-state index contributed by atoms with van der Waals surface area (Å²) < 4.78 is 0. The van der Waals surface area contributed by atoms with Gasteiger partial charge in [-0.05, 0) is 33.9 Å². The van der Waals surface area contributed by atoms with E-state index in [0.717, 1.165) is 26.1 Å². The summed E-state index contributed by atoms with van der Waals surface area (Å²) in [7, 11) is 2.04. The highest BCUT2D eigenvalue weighted by atomic mass is 16.4. The van der Waals surface area contributed by atoms with Crippen LogP contribution in [0.15, 0.2) is 5.16 Å². The lowest BCUT2D eigenvalue weighted by molar-refractivity contribution is -0.136. The number of likely N-dealkylation sites (N-methyl/N-ethyl adjacent to an activating group) is 1. The molecule has 0 spiro atoms. The predicted octanol–water partition coefficient (Wildman–Crippen LogP) is -0.0769. The number of amides is 1. The fraction of sp³-hybridized carbons (Fsp3) is 0.818. The lowest BCUT2D eigenvalue weighted by Crippen LogP contribution is -2.49. The van der Waals surface area contributed by atoms with Gasteiger partial charge in [0.25, 0.3) is 0 Å². The Kier molecular flexibility index (Phi) is 4.34. The number of nitrogens with two attached hydrogens (primary N) is 1. The van der Waals surface area contributed by atoms with Gasteiger partial charge in [-0.25, -0.2) is 0 Å². The molecule has 6 nitrogen and oxygen atoms in total. The largest absolute Gasteiger partial charge is 0.409 e. The molecule has 0 aromatic carbocycles. The minimum Gasteiger partial charge on any atom is -0.409 e. The van der Waals surface area contributed by atoms with Crippen LogP contribution in [-0.4, -0.2) is 60.0 Å². The molecule has 0 saturated carbocycles. The fourth-order valence-electron chi connectivity index (χ4n) is 1.88. The minimum absolute atomic E-state index is 0.0416. The summed E-state index contributed by atoms with van der Waals surface area (Å²) in [5.41, 5.74) is 4.62. The van der Waals surface area contributed by atoms with Gasteiger partial charge in [0.2, 0.25) is 5.91 Å². The molecule has 0 aromatic rings. The zero-order valence-corrected chi connectivity index (χ0v) is 10.8. The summed E-state index contributed by atoms with van der Waals surface area (Å²) in [5, 5.41) is 11.7. The van der Waals surface area contributed by atoms with Crippen LogP contribution < -0.4 is 5.73 Å². The van der Waals surface area contributed by atoms with E-state index in [9.17, 15) is 4.79 Å². The summed E-state index contributed by atoms with van der Waals surface area (Å²) in [5.74, 6) is -0.122. The molecule has 0 aliphatic carbocycles. The van der Waals surface area contributed by atoms with E-state index in [1.54, 1.807) is 18.7 Å². The first-order chi connectivity index (χ1) is 7.89. The van der Waals surface area contributed by atoms with Crippen molar-refractivity contribution in [3.8, 4) is 0 Å². The van der Waals surface area contributed by atoms with Gasteiger partial charge >= 0.3 is 0 Å². The molecule has 17 heavy (non-hydrogen) atoms. The van der Waals surface area contributed by atoms with Gasteiger partial charge in [0.05, 0.1) is 0 Å². The molecule has 1 heterocycles. The van der Waals surface area contributed by atoms with Crippen molar-refractivity contribution < 1.29 is 10.0 Å². The normalized spacial score (nSPS) is 20.2. The van der Waals surface area contributed by atoms with Crippen molar-refractivity contribution in [3.63, 3.8) is 0 Å². The molecule has 1 fully saturated rings. The molecule has 6 heteroatoms. The summed E-state index contributed by atoms with van der Waals surface area (Å²) in [4.78, 5) is 16.3. The maximum absolute atomic E-state index is 12.3. The predicted molar refractivity (Wildman–Crippen MR) is 65.9 cm³/mol. The molecular formula is C11H22N4O2. The van der Waals surface area contributed by atoms with Gasteiger partial charge in [-0.1, -0.05) is 5.16 Å².